The summed E-state index contributed by atoms with van der Waals surface area (Å²) < 4.78 is 0.381. The first-order valence-corrected chi connectivity index (χ1v) is 11.8. The van der Waals surface area contributed by atoms with Gasteiger partial charge in [0.15, 0.2) is 0 Å². The standard InChI is InChI=1S/C27H20N2O2S2/c1-17(25(30)28-20-11-3-2-4-12-20)29-26(31)24(33-27(29)32)16-23-21-13-7-5-9-18(21)15-19-10-6-8-14-22(19)23/h2-17H,1H3,(H,28,30)/b24-16-. The molecule has 1 atom stereocenters. The molecule has 0 aromatic heterocycles. The van der Waals surface area contributed by atoms with E-state index in [4.69, 9.17) is 12.2 Å². The van der Waals surface area contributed by atoms with Crippen molar-refractivity contribution in [3.05, 3.63) is 95.4 Å². The Balaban J connectivity index is 1.51. The lowest BCUT2D eigenvalue weighted by Gasteiger charge is -2.22. The summed E-state index contributed by atoms with van der Waals surface area (Å²) in [5.74, 6) is -0.535. The molecule has 4 nitrogen and oxygen atoms in total. The summed E-state index contributed by atoms with van der Waals surface area (Å²) in [5.41, 5.74) is 1.66. The van der Waals surface area contributed by atoms with E-state index in [1.54, 1.807) is 19.1 Å². The van der Waals surface area contributed by atoms with Crippen molar-refractivity contribution in [1.29, 1.82) is 0 Å². The van der Waals surface area contributed by atoms with Gasteiger partial charge < -0.3 is 5.32 Å². The van der Waals surface area contributed by atoms with Gasteiger partial charge in [0.25, 0.3) is 5.91 Å². The number of thioether (sulfide) groups is 1. The summed E-state index contributed by atoms with van der Waals surface area (Å²) in [7, 11) is 0. The number of carbonyl (C=O) groups excluding carboxylic acids is 2. The van der Waals surface area contributed by atoms with Crippen LogP contribution in [-0.4, -0.2) is 27.1 Å². The molecule has 1 N–H and O–H groups in total. The average Bonchev–Trinajstić information content (AvgIpc) is 3.11. The molecule has 4 aromatic carbocycles. The number of thiocarbonyl (C=S) groups is 1. The second kappa shape index (κ2) is 8.81. The topological polar surface area (TPSA) is 49.4 Å². The molecular weight excluding hydrogens is 448 g/mol. The highest BCUT2D eigenvalue weighted by Gasteiger charge is 2.38. The Morgan fingerprint density at radius 3 is 2.15 bits per heavy atom. The van der Waals surface area contributed by atoms with Crippen LogP contribution in [0.2, 0.25) is 0 Å². The van der Waals surface area contributed by atoms with E-state index >= 15 is 0 Å². The molecule has 162 valence electrons. The molecular formula is C27H20N2O2S2. The summed E-state index contributed by atoms with van der Waals surface area (Å²) >= 11 is 6.74. The third-order valence-electron chi connectivity index (χ3n) is 5.72. The fourth-order valence-electron chi connectivity index (χ4n) is 4.03. The van der Waals surface area contributed by atoms with Crippen LogP contribution in [0.15, 0.2) is 89.8 Å². The van der Waals surface area contributed by atoms with Crippen molar-refractivity contribution < 1.29 is 9.59 Å². The number of nitrogens with one attached hydrogen (secondary N) is 1. The molecule has 4 aromatic rings. The van der Waals surface area contributed by atoms with Crippen LogP contribution >= 0.6 is 24.0 Å². The fraction of sp³-hybridized carbons (Fsp3) is 0.0741. The van der Waals surface area contributed by atoms with E-state index in [2.05, 4.69) is 35.6 Å². The average molecular weight is 469 g/mol. The third kappa shape index (κ3) is 4.03. The Bertz CT molecular complexity index is 1390. The summed E-state index contributed by atoms with van der Waals surface area (Å²) in [6.45, 7) is 1.69. The van der Waals surface area contributed by atoms with E-state index in [0.717, 1.165) is 27.1 Å². The molecule has 6 heteroatoms. The lowest BCUT2D eigenvalue weighted by molar-refractivity contribution is -0.129. The van der Waals surface area contributed by atoms with E-state index in [1.807, 2.05) is 48.5 Å². The SMILES string of the molecule is CC(C(=O)Nc1ccccc1)N1C(=O)/C(=C/c2c3ccccc3cc3ccccc23)SC1=S. The monoisotopic (exact) mass is 468 g/mol. The second-order valence-electron chi connectivity index (χ2n) is 7.82. The molecule has 2 amide bonds. The Kier molecular flexibility index (Phi) is 5.70. The van der Waals surface area contributed by atoms with Crippen LogP contribution in [0.25, 0.3) is 27.6 Å². The van der Waals surface area contributed by atoms with Gasteiger partial charge >= 0.3 is 0 Å². The molecule has 0 saturated carbocycles. The predicted molar refractivity (Wildman–Crippen MR) is 141 cm³/mol. The molecule has 1 unspecified atom stereocenters. The molecule has 0 aliphatic carbocycles. The predicted octanol–water partition coefficient (Wildman–Crippen LogP) is 6.22. The number of benzene rings is 4. The van der Waals surface area contributed by atoms with Crippen molar-refractivity contribution in [1.82, 2.24) is 4.90 Å². The van der Waals surface area contributed by atoms with E-state index in [1.165, 1.54) is 16.7 Å². The fourth-order valence-corrected chi connectivity index (χ4v) is 5.43. The number of hydrogen-bond acceptors (Lipinski definition) is 4. The van der Waals surface area contributed by atoms with Crippen LogP contribution < -0.4 is 5.32 Å². The summed E-state index contributed by atoms with van der Waals surface area (Å²) in [5, 5.41) is 7.19. The van der Waals surface area contributed by atoms with Crippen molar-refractivity contribution in [3.8, 4) is 0 Å². The van der Waals surface area contributed by atoms with Crippen molar-refractivity contribution in [2.45, 2.75) is 13.0 Å². The molecule has 1 aliphatic heterocycles. The lowest BCUT2D eigenvalue weighted by Crippen LogP contribution is -2.44. The number of anilines is 1. The molecule has 0 spiro atoms. The first-order valence-electron chi connectivity index (χ1n) is 10.6. The number of nitrogens with zero attached hydrogens (tertiary/aromatic N) is 1. The van der Waals surface area contributed by atoms with E-state index in [-0.39, 0.29) is 11.8 Å². The highest BCUT2D eigenvalue weighted by molar-refractivity contribution is 8.26. The van der Waals surface area contributed by atoms with Gasteiger partial charge in [0, 0.05) is 5.69 Å². The smallest absolute Gasteiger partial charge is 0.266 e. The highest BCUT2D eigenvalue weighted by Crippen LogP contribution is 2.37. The van der Waals surface area contributed by atoms with E-state index in [0.29, 0.717) is 14.9 Å². The normalized spacial score (nSPS) is 16.0. The van der Waals surface area contributed by atoms with Crippen LogP contribution in [0.4, 0.5) is 5.69 Å². The van der Waals surface area contributed by atoms with E-state index < -0.39 is 6.04 Å². The molecule has 0 bridgehead atoms. The van der Waals surface area contributed by atoms with Crippen LogP contribution in [0.1, 0.15) is 12.5 Å². The largest absolute Gasteiger partial charge is 0.324 e. The van der Waals surface area contributed by atoms with Crippen LogP contribution in [-0.2, 0) is 9.59 Å². The van der Waals surface area contributed by atoms with Crippen molar-refractivity contribution in [2.75, 3.05) is 5.32 Å². The Morgan fingerprint density at radius 1 is 0.939 bits per heavy atom. The first kappa shape index (κ1) is 21.4. The summed E-state index contributed by atoms with van der Waals surface area (Å²) in [6.07, 6.45) is 1.91. The number of carbonyl (C=O) groups is 2. The van der Waals surface area contributed by atoms with Crippen LogP contribution in [0.3, 0.4) is 0 Å². The maximum Gasteiger partial charge on any atom is 0.266 e. The van der Waals surface area contributed by atoms with Crippen molar-refractivity contribution in [2.24, 2.45) is 0 Å². The number of para-hydroxylation sites is 1. The van der Waals surface area contributed by atoms with E-state index in [9.17, 15) is 9.59 Å². The first-order chi connectivity index (χ1) is 16.0. The van der Waals surface area contributed by atoms with Gasteiger partial charge in [0.05, 0.1) is 4.91 Å². The van der Waals surface area contributed by atoms with Gasteiger partial charge in [0.1, 0.15) is 10.4 Å². The quantitative estimate of drug-likeness (QED) is 0.219. The molecule has 1 saturated heterocycles. The Hall–Kier alpha value is -3.48. The van der Waals surface area contributed by atoms with Crippen LogP contribution in [0.5, 0.6) is 0 Å². The number of hydrogen-bond donors (Lipinski definition) is 1. The second-order valence-corrected chi connectivity index (χ2v) is 9.49. The molecule has 1 fully saturated rings. The maximum absolute atomic E-state index is 13.4. The van der Waals surface area contributed by atoms with Gasteiger partial charge in [-0.3, -0.25) is 14.5 Å². The Morgan fingerprint density at radius 2 is 1.52 bits per heavy atom. The number of fused-ring (bicyclic) bond motifs is 2. The molecule has 1 aliphatic rings. The maximum atomic E-state index is 13.4. The zero-order valence-corrected chi connectivity index (χ0v) is 19.5. The highest BCUT2D eigenvalue weighted by atomic mass is 32.2. The van der Waals surface area contributed by atoms with Gasteiger partial charge in [-0.2, -0.15) is 0 Å². The van der Waals surface area contributed by atoms with Crippen molar-refractivity contribution >= 4 is 73.4 Å². The third-order valence-corrected chi connectivity index (χ3v) is 7.05. The lowest BCUT2D eigenvalue weighted by atomic mass is 9.96. The van der Waals surface area contributed by atoms with Gasteiger partial charge in [0.2, 0.25) is 5.91 Å². The minimum absolute atomic E-state index is 0.252. The number of rotatable bonds is 4. The summed E-state index contributed by atoms with van der Waals surface area (Å²) in [4.78, 5) is 28.1. The number of amides is 2. The van der Waals surface area contributed by atoms with Gasteiger partial charge in [-0.05, 0) is 58.3 Å². The van der Waals surface area contributed by atoms with Gasteiger partial charge in [-0.15, -0.1) is 0 Å². The summed E-state index contributed by atoms with van der Waals surface area (Å²) in [6, 6.07) is 26.9. The molecule has 1 heterocycles. The zero-order chi connectivity index (χ0) is 22.9. The molecule has 0 radical (unpaired) electrons. The minimum atomic E-state index is -0.729. The van der Waals surface area contributed by atoms with Crippen LogP contribution in [0, 0.1) is 0 Å². The molecule has 33 heavy (non-hydrogen) atoms. The van der Waals surface area contributed by atoms with Crippen molar-refractivity contribution in [3.63, 3.8) is 0 Å². The minimum Gasteiger partial charge on any atom is -0.324 e. The Labute approximate surface area is 201 Å². The molecule has 5 rings (SSSR count). The zero-order valence-electron chi connectivity index (χ0n) is 17.8. The van der Waals surface area contributed by atoms with Gasteiger partial charge in [-0.25, -0.2) is 0 Å². The van der Waals surface area contributed by atoms with Gasteiger partial charge in [-0.1, -0.05) is 90.7 Å².